The van der Waals surface area contributed by atoms with E-state index >= 15 is 0 Å². The van der Waals surface area contributed by atoms with Crippen molar-refractivity contribution in [2.45, 2.75) is 0 Å². The molecule has 0 bridgehead atoms. The number of halogens is 1. The first kappa shape index (κ1) is 15.5. The predicted octanol–water partition coefficient (Wildman–Crippen LogP) is 1.27. The van der Waals surface area contributed by atoms with Crippen LogP contribution in [0.1, 0.15) is 0 Å². The average Bonchev–Trinajstić information content (AvgIpc) is 2.47. The highest BCUT2D eigenvalue weighted by atomic mass is 19.1. The molecular weight excluding hydrogens is 285 g/mol. The standard InChI is InChI=1S/C16H16FN3O2/c17-13-5-1-11(2-6-13)12-3-7-14(8-4-12)20(9-15(18)21)10-16(19)22/h1-8H,9-10H2,(H2,18,21)(H2,19,22). The summed E-state index contributed by atoms with van der Waals surface area (Å²) in [4.78, 5) is 23.7. The van der Waals surface area contributed by atoms with Crippen molar-refractivity contribution in [2.24, 2.45) is 11.5 Å². The lowest BCUT2D eigenvalue weighted by molar-refractivity contribution is -0.117. The first-order valence-corrected chi connectivity index (χ1v) is 6.63. The van der Waals surface area contributed by atoms with Crippen molar-refractivity contribution in [2.75, 3.05) is 18.0 Å². The summed E-state index contributed by atoms with van der Waals surface area (Å²) in [5.74, 6) is -1.40. The molecule has 0 aliphatic rings. The summed E-state index contributed by atoms with van der Waals surface area (Å²) in [5, 5.41) is 0. The first-order chi connectivity index (χ1) is 10.5. The lowest BCUT2D eigenvalue weighted by Crippen LogP contribution is -2.39. The zero-order valence-electron chi connectivity index (χ0n) is 11.8. The Morgan fingerprint density at radius 1 is 0.818 bits per heavy atom. The van der Waals surface area contributed by atoms with E-state index in [-0.39, 0.29) is 18.9 Å². The molecule has 0 radical (unpaired) electrons. The topological polar surface area (TPSA) is 89.4 Å². The number of nitrogens with two attached hydrogens (primary N) is 2. The van der Waals surface area contributed by atoms with Gasteiger partial charge in [0.05, 0.1) is 13.1 Å². The van der Waals surface area contributed by atoms with Gasteiger partial charge in [-0.2, -0.15) is 0 Å². The van der Waals surface area contributed by atoms with E-state index < -0.39 is 11.8 Å². The maximum atomic E-state index is 12.9. The van der Waals surface area contributed by atoms with E-state index in [1.807, 2.05) is 12.1 Å². The molecule has 6 heteroatoms. The van der Waals surface area contributed by atoms with Gasteiger partial charge in [-0.1, -0.05) is 24.3 Å². The van der Waals surface area contributed by atoms with Gasteiger partial charge in [-0.25, -0.2) is 4.39 Å². The van der Waals surface area contributed by atoms with Gasteiger partial charge in [-0.15, -0.1) is 0 Å². The van der Waals surface area contributed by atoms with E-state index in [2.05, 4.69) is 0 Å². The van der Waals surface area contributed by atoms with Crippen LogP contribution in [0.3, 0.4) is 0 Å². The summed E-state index contributed by atoms with van der Waals surface area (Å²) in [6.07, 6.45) is 0. The van der Waals surface area contributed by atoms with Gasteiger partial charge in [0.25, 0.3) is 0 Å². The molecule has 2 rings (SSSR count). The highest BCUT2D eigenvalue weighted by molar-refractivity contribution is 5.85. The Kier molecular flexibility index (Phi) is 4.73. The van der Waals surface area contributed by atoms with Gasteiger partial charge in [-0.3, -0.25) is 9.59 Å². The minimum Gasteiger partial charge on any atom is -0.368 e. The molecule has 0 fully saturated rings. The van der Waals surface area contributed by atoms with Gasteiger partial charge >= 0.3 is 0 Å². The molecule has 22 heavy (non-hydrogen) atoms. The van der Waals surface area contributed by atoms with E-state index in [1.54, 1.807) is 24.3 Å². The maximum Gasteiger partial charge on any atom is 0.236 e. The van der Waals surface area contributed by atoms with E-state index in [9.17, 15) is 14.0 Å². The van der Waals surface area contributed by atoms with Crippen LogP contribution in [-0.4, -0.2) is 24.9 Å². The van der Waals surface area contributed by atoms with Crippen molar-refractivity contribution >= 4 is 17.5 Å². The molecular formula is C16H16FN3O2. The number of primary amides is 2. The van der Waals surface area contributed by atoms with Crippen molar-refractivity contribution in [3.63, 3.8) is 0 Å². The predicted molar refractivity (Wildman–Crippen MR) is 82.4 cm³/mol. The summed E-state index contributed by atoms with van der Waals surface area (Å²) in [5.41, 5.74) is 12.8. The van der Waals surface area contributed by atoms with Crippen LogP contribution in [0.25, 0.3) is 11.1 Å². The third-order valence-corrected chi connectivity index (χ3v) is 3.10. The zero-order chi connectivity index (χ0) is 16.1. The number of rotatable bonds is 6. The molecule has 5 nitrogen and oxygen atoms in total. The molecule has 0 unspecified atom stereocenters. The second-order valence-corrected chi connectivity index (χ2v) is 4.84. The second-order valence-electron chi connectivity index (χ2n) is 4.84. The van der Waals surface area contributed by atoms with Gasteiger partial charge in [0, 0.05) is 5.69 Å². The SMILES string of the molecule is NC(=O)CN(CC(N)=O)c1ccc(-c2ccc(F)cc2)cc1. The molecule has 0 aliphatic heterocycles. The van der Waals surface area contributed by atoms with Crippen molar-refractivity contribution in [3.8, 4) is 11.1 Å². The number of carbonyl (C=O) groups is 2. The molecule has 2 aromatic rings. The van der Waals surface area contributed by atoms with Crippen LogP contribution in [0.4, 0.5) is 10.1 Å². The molecule has 0 saturated heterocycles. The zero-order valence-corrected chi connectivity index (χ0v) is 11.8. The van der Waals surface area contributed by atoms with E-state index in [4.69, 9.17) is 11.5 Å². The van der Waals surface area contributed by atoms with E-state index in [0.717, 1.165) is 11.1 Å². The summed E-state index contributed by atoms with van der Waals surface area (Å²) in [6, 6.07) is 13.3. The van der Waals surface area contributed by atoms with Crippen molar-refractivity contribution in [3.05, 3.63) is 54.3 Å². The monoisotopic (exact) mass is 301 g/mol. The lowest BCUT2D eigenvalue weighted by atomic mass is 10.1. The quantitative estimate of drug-likeness (QED) is 0.842. The number of carbonyl (C=O) groups excluding carboxylic acids is 2. The third-order valence-electron chi connectivity index (χ3n) is 3.10. The van der Waals surface area contributed by atoms with E-state index in [0.29, 0.717) is 5.69 Å². The van der Waals surface area contributed by atoms with Gasteiger partial charge in [-0.05, 0) is 35.4 Å². The number of hydrogen-bond acceptors (Lipinski definition) is 3. The van der Waals surface area contributed by atoms with Crippen molar-refractivity contribution < 1.29 is 14.0 Å². The first-order valence-electron chi connectivity index (χ1n) is 6.63. The Balaban J connectivity index is 2.23. The largest absolute Gasteiger partial charge is 0.368 e. The number of anilines is 1. The highest BCUT2D eigenvalue weighted by Crippen LogP contribution is 2.23. The van der Waals surface area contributed by atoms with Crippen LogP contribution in [0.2, 0.25) is 0 Å². The second kappa shape index (κ2) is 6.71. The van der Waals surface area contributed by atoms with Crippen LogP contribution in [0.5, 0.6) is 0 Å². The summed E-state index contributed by atoms with van der Waals surface area (Å²) < 4.78 is 12.9. The van der Waals surface area contributed by atoms with Crippen molar-refractivity contribution in [1.82, 2.24) is 0 Å². The fraction of sp³-hybridized carbons (Fsp3) is 0.125. The average molecular weight is 301 g/mol. The fourth-order valence-electron chi connectivity index (χ4n) is 2.12. The third kappa shape index (κ3) is 4.05. The maximum absolute atomic E-state index is 12.9. The summed E-state index contributed by atoms with van der Waals surface area (Å²) in [7, 11) is 0. The number of hydrogen-bond donors (Lipinski definition) is 2. The molecule has 0 heterocycles. The Morgan fingerprint density at radius 2 is 1.23 bits per heavy atom. The van der Waals surface area contributed by atoms with Gasteiger partial charge in [0.15, 0.2) is 0 Å². The molecule has 0 aliphatic carbocycles. The van der Waals surface area contributed by atoms with Crippen LogP contribution in [0, 0.1) is 5.82 Å². The smallest absolute Gasteiger partial charge is 0.236 e. The van der Waals surface area contributed by atoms with Crippen molar-refractivity contribution in [1.29, 1.82) is 0 Å². The Morgan fingerprint density at radius 3 is 1.64 bits per heavy atom. The Bertz CT molecular complexity index is 653. The van der Waals surface area contributed by atoms with Gasteiger partial charge in [0.1, 0.15) is 5.82 Å². The summed E-state index contributed by atoms with van der Waals surface area (Å²) >= 11 is 0. The van der Waals surface area contributed by atoms with E-state index in [1.165, 1.54) is 17.0 Å². The fourth-order valence-corrected chi connectivity index (χ4v) is 2.12. The van der Waals surface area contributed by atoms with Crippen LogP contribution in [-0.2, 0) is 9.59 Å². The number of amides is 2. The number of nitrogens with zero attached hydrogens (tertiary/aromatic N) is 1. The molecule has 0 atom stereocenters. The van der Waals surface area contributed by atoms with Crippen LogP contribution < -0.4 is 16.4 Å². The van der Waals surface area contributed by atoms with Gasteiger partial charge in [0.2, 0.25) is 11.8 Å². The minimum absolute atomic E-state index is 0.0984. The van der Waals surface area contributed by atoms with Gasteiger partial charge < -0.3 is 16.4 Å². The molecule has 114 valence electrons. The van der Waals surface area contributed by atoms with Crippen LogP contribution in [0.15, 0.2) is 48.5 Å². The summed E-state index contributed by atoms with van der Waals surface area (Å²) in [6.45, 7) is -0.197. The lowest BCUT2D eigenvalue weighted by Gasteiger charge is -2.21. The van der Waals surface area contributed by atoms with Crippen LogP contribution >= 0.6 is 0 Å². The highest BCUT2D eigenvalue weighted by Gasteiger charge is 2.12. The molecule has 4 N–H and O–H groups in total. The molecule has 0 saturated carbocycles. The molecule has 2 aromatic carbocycles. The Labute approximate surface area is 127 Å². The molecule has 0 aromatic heterocycles. The number of benzene rings is 2. The molecule has 2 amide bonds. The minimum atomic E-state index is -0.552. The molecule has 0 spiro atoms. The Hall–Kier alpha value is -2.89. The normalized spacial score (nSPS) is 10.2.